The van der Waals surface area contributed by atoms with Gasteiger partial charge in [-0.05, 0) is 37.3 Å². The summed E-state index contributed by atoms with van der Waals surface area (Å²) in [6, 6.07) is 0. The Bertz CT molecular complexity index is 164. The lowest BCUT2D eigenvalue weighted by atomic mass is 10.2. The minimum atomic E-state index is 1.06. The van der Waals surface area contributed by atoms with Gasteiger partial charge in [-0.2, -0.15) is 0 Å². The van der Waals surface area contributed by atoms with E-state index >= 15 is 0 Å². The fourth-order valence-electron chi connectivity index (χ4n) is 0.501. The topological polar surface area (TPSA) is 12.0 Å². The van der Waals surface area contributed by atoms with Crippen LogP contribution in [0.1, 0.15) is 20.8 Å². The van der Waals surface area contributed by atoms with Crippen molar-refractivity contribution in [1.82, 2.24) is 5.32 Å². The molecule has 1 N–H and O–H groups in total. The molecule has 0 aromatic heterocycles. The van der Waals surface area contributed by atoms with Crippen LogP contribution in [0.5, 0.6) is 0 Å². The molecule has 0 aromatic rings. The molecule has 0 bridgehead atoms. The molecule has 0 atom stereocenters. The van der Waals surface area contributed by atoms with Crippen LogP contribution in [0.2, 0.25) is 0 Å². The largest absolute Gasteiger partial charge is 0.392 e. The van der Waals surface area contributed by atoms with Crippen LogP contribution in [0, 0.1) is 0 Å². The Morgan fingerprint density at radius 2 is 1.80 bits per heavy atom. The third-order valence-electron chi connectivity index (χ3n) is 1.40. The predicted molar refractivity (Wildman–Crippen MR) is 50.2 cm³/mol. The molecule has 0 aromatic carbocycles. The second-order valence-electron chi connectivity index (χ2n) is 2.35. The summed E-state index contributed by atoms with van der Waals surface area (Å²) in [7, 11) is 1.91. The van der Waals surface area contributed by atoms with Crippen molar-refractivity contribution in [1.29, 1.82) is 0 Å². The first-order valence-electron chi connectivity index (χ1n) is 3.30. The molecule has 0 fully saturated rings. The van der Waals surface area contributed by atoms with E-state index in [1.165, 1.54) is 5.57 Å². The van der Waals surface area contributed by atoms with Gasteiger partial charge in [-0.15, -0.1) is 12.6 Å². The van der Waals surface area contributed by atoms with E-state index in [9.17, 15) is 0 Å². The van der Waals surface area contributed by atoms with Crippen molar-refractivity contribution in [3.63, 3.8) is 0 Å². The van der Waals surface area contributed by atoms with E-state index in [2.05, 4.69) is 24.0 Å². The zero-order valence-corrected chi connectivity index (χ0v) is 7.92. The molecule has 0 aliphatic rings. The Balaban J connectivity index is 4.27. The normalized spacial score (nSPS) is 14.7. The number of hydrogen-bond donors (Lipinski definition) is 2. The van der Waals surface area contributed by atoms with Crippen LogP contribution < -0.4 is 5.32 Å². The first-order valence-corrected chi connectivity index (χ1v) is 3.75. The summed E-state index contributed by atoms with van der Waals surface area (Å²) < 4.78 is 0. The average molecular weight is 157 g/mol. The highest BCUT2D eigenvalue weighted by atomic mass is 32.1. The quantitative estimate of drug-likeness (QED) is 0.463. The highest BCUT2D eigenvalue weighted by molar-refractivity contribution is 7.84. The van der Waals surface area contributed by atoms with Crippen molar-refractivity contribution in [3.05, 3.63) is 22.3 Å². The zero-order valence-electron chi connectivity index (χ0n) is 7.02. The van der Waals surface area contributed by atoms with Crippen LogP contribution in [0.3, 0.4) is 0 Å². The van der Waals surface area contributed by atoms with Crippen molar-refractivity contribution in [2.45, 2.75) is 20.8 Å². The maximum atomic E-state index is 4.21. The van der Waals surface area contributed by atoms with Crippen LogP contribution in [0.4, 0.5) is 0 Å². The molecule has 2 heteroatoms. The molecule has 0 heterocycles. The van der Waals surface area contributed by atoms with Crippen LogP contribution in [-0.4, -0.2) is 7.05 Å². The Morgan fingerprint density at radius 3 is 2.10 bits per heavy atom. The summed E-state index contributed by atoms with van der Waals surface area (Å²) in [5.74, 6) is 0. The molecule has 0 saturated heterocycles. The minimum absolute atomic E-state index is 1.06. The Kier molecular flexibility index (Phi) is 4.28. The number of rotatable bonds is 2. The summed E-state index contributed by atoms with van der Waals surface area (Å²) in [5.41, 5.74) is 2.36. The van der Waals surface area contributed by atoms with E-state index in [0.717, 1.165) is 10.6 Å². The Labute approximate surface area is 68.6 Å². The van der Waals surface area contributed by atoms with Crippen molar-refractivity contribution >= 4 is 12.6 Å². The van der Waals surface area contributed by atoms with E-state index in [-0.39, 0.29) is 0 Å². The summed E-state index contributed by atoms with van der Waals surface area (Å²) in [6.07, 6.45) is 2.07. The van der Waals surface area contributed by atoms with Crippen molar-refractivity contribution in [2.75, 3.05) is 7.05 Å². The number of allylic oxidation sites excluding steroid dienone is 4. The number of thiol groups is 1. The molecule has 1 nitrogen and oxygen atoms in total. The van der Waals surface area contributed by atoms with Gasteiger partial charge in [0, 0.05) is 12.7 Å². The van der Waals surface area contributed by atoms with E-state index in [4.69, 9.17) is 0 Å². The van der Waals surface area contributed by atoms with Gasteiger partial charge >= 0.3 is 0 Å². The summed E-state index contributed by atoms with van der Waals surface area (Å²) >= 11 is 4.21. The molecule has 0 aliphatic carbocycles. The predicted octanol–water partition coefficient (Wildman–Crippen LogP) is 2.33. The van der Waals surface area contributed by atoms with Crippen molar-refractivity contribution < 1.29 is 0 Å². The average Bonchev–Trinajstić information content (AvgIpc) is 1.87. The molecule has 10 heavy (non-hydrogen) atoms. The maximum absolute atomic E-state index is 4.21. The highest BCUT2D eigenvalue weighted by Crippen LogP contribution is 2.09. The van der Waals surface area contributed by atoms with Gasteiger partial charge in [-0.1, -0.05) is 0 Å². The zero-order chi connectivity index (χ0) is 8.15. The molecule has 0 aliphatic heterocycles. The van der Waals surface area contributed by atoms with Gasteiger partial charge in [-0.3, -0.25) is 0 Å². The molecular formula is C8H15NS. The van der Waals surface area contributed by atoms with Crippen LogP contribution in [-0.2, 0) is 0 Å². The minimum Gasteiger partial charge on any atom is -0.392 e. The molecular weight excluding hydrogens is 142 g/mol. The summed E-state index contributed by atoms with van der Waals surface area (Å²) in [5, 5.41) is 3.04. The summed E-state index contributed by atoms with van der Waals surface area (Å²) in [6.45, 7) is 6.06. The van der Waals surface area contributed by atoms with Gasteiger partial charge < -0.3 is 5.32 Å². The lowest BCUT2D eigenvalue weighted by Gasteiger charge is -1.99. The standard InChI is InChI=1S/C8H15NS/c1-6(8(3)10)5-7(2)9-4/h5,9-10H,1-4H3/b7-5+,8-6+. The van der Waals surface area contributed by atoms with Gasteiger partial charge in [0.05, 0.1) is 0 Å². The van der Waals surface area contributed by atoms with E-state index in [1.807, 2.05) is 27.8 Å². The maximum Gasteiger partial charge on any atom is 0.00753 e. The fourth-order valence-corrected chi connectivity index (χ4v) is 0.566. The Morgan fingerprint density at radius 1 is 1.30 bits per heavy atom. The molecule has 0 unspecified atom stereocenters. The lowest BCUT2D eigenvalue weighted by Crippen LogP contribution is -2.01. The van der Waals surface area contributed by atoms with Crippen molar-refractivity contribution in [2.24, 2.45) is 0 Å². The van der Waals surface area contributed by atoms with Crippen LogP contribution >= 0.6 is 12.6 Å². The van der Waals surface area contributed by atoms with Gasteiger partial charge in [0.25, 0.3) is 0 Å². The third-order valence-corrected chi connectivity index (χ3v) is 1.75. The lowest BCUT2D eigenvalue weighted by molar-refractivity contribution is 0.985. The highest BCUT2D eigenvalue weighted by Gasteiger charge is 1.87. The van der Waals surface area contributed by atoms with E-state index < -0.39 is 0 Å². The SMILES string of the molecule is CN/C(C)=C/C(C)=C(\C)S. The molecule has 0 saturated carbocycles. The fraction of sp³-hybridized carbons (Fsp3) is 0.500. The van der Waals surface area contributed by atoms with Crippen LogP contribution in [0.15, 0.2) is 22.3 Å². The van der Waals surface area contributed by atoms with Crippen molar-refractivity contribution in [3.8, 4) is 0 Å². The molecule has 0 amide bonds. The second-order valence-corrected chi connectivity index (χ2v) is 3.02. The van der Waals surface area contributed by atoms with E-state index in [0.29, 0.717) is 0 Å². The number of nitrogens with one attached hydrogen (secondary N) is 1. The summed E-state index contributed by atoms with van der Waals surface area (Å²) in [4.78, 5) is 1.06. The first kappa shape index (κ1) is 9.63. The van der Waals surface area contributed by atoms with Crippen LogP contribution in [0.25, 0.3) is 0 Å². The van der Waals surface area contributed by atoms with Gasteiger partial charge in [0.2, 0.25) is 0 Å². The number of hydrogen-bond acceptors (Lipinski definition) is 2. The monoisotopic (exact) mass is 157 g/mol. The van der Waals surface area contributed by atoms with Gasteiger partial charge in [0.15, 0.2) is 0 Å². The van der Waals surface area contributed by atoms with Gasteiger partial charge in [0.1, 0.15) is 0 Å². The van der Waals surface area contributed by atoms with E-state index in [1.54, 1.807) is 0 Å². The molecule has 58 valence electrons. The molecule has 0 spiro atoms. The second kappa shape index (κ2) is 4.45. The third kappa shape index (κ3) is 3.62. The van der Waals surface area contributed by atoms with Gasteiger partial charge in [-0.25, -0.2) is 0 Å². The molecule has 0 radical (unpaired) electrons. The first-order chi connectivity index (χ1) is 4.57. The molecule has 0 rings (SSSR count). The smallest absolute Gasteiger partial charge is 0.00753 e. The Hall–Kier alpha value is -0.370.